The predicted molar refractivity (Wildman–Crippen MR) is 103 cm³/mol. The maximum atomic E-state index is 12.4. The summed E-state index contributed by atoms with van der Waals surface area (Å²) >= 11 is 1.40. The Morgan fingerprint density at radius 1 is 1.12 bits per heavy atom. The van der Waals surface area contributed by atoms with E-state index < -0.39 is 6.04 Å². The Balaban J connectivity index is 1.43. The van der Waals surface area contributed by atoms with Crippen molar-refractivity contribution in [1.29, 1.82) is 0 Å². The van der Waals surface area contributed by atoms with Crippen molar-refractivity contribution in [2.45, 2.75) is 13.0 Å². The van der Waals surface area contributed by atoms with Crippen molar-refractivity contribution in [2.24, 2.45) is 0 Å². The first-order valence-corrected chi connectivity index (χ1v) is 8.97. The van der Waals surface area contributed by atoms with E-state index in [2.05, 4.69) is 20.6 Å². The molecule has 0 radical (unpaired) electrons. The lowest BCUT2D eigenvalue weighted by molar-refractivity contribution is -0.117. The number of carbonyl (C=O) groups is 2. The summed E-state index contributed by atoms with van der Waals surface area (Å²) in [6.45, 7) is 1.64. The number of rotatable bonds is 4. The molecule has 0 unspecified atom stereocenters. The van der Waals surface area contributed by atoms with Crippen LogP contribution in [0.5, 0.6) is 0 Å². The lowest BCUT2D eigenvalue weighted by Gasteiger charge is -2.12. The third-order valence-corrected chi connectivity index (χ3v) is 4.99. The molecular weight excluding hydrogens is 348 g/mol. The van der Waals surface area contributed by atoms with Gasteiger partial charge in [-0.2, -0.15) is 0 Å². The summed E-state index contributed by atoms with van der Waals surface area (Å²) in [5.41, 5.74) is 2.14. The minimum absolute atomic E-state index is 0.312. The van der Waals surface area contributed by atoms with E-state index in [-0.39, 0.29) is 11.8 Å². The molecule has 2 heterocycles. The summed E-state index contributed by atoms with van der Waals surface area (Å²) in [4.78, 5) is 32.2. The van der Waals surface area contributed by atoms with Gasteiger partial charge in [0.25, 0.3) is 5.91 Å². The molecule has 0 fully saturated rings. The SMILES string of the molecule is C[C@@H](NC(=O)c1cc2ccccc2[nH]1)C(=O)Nc1nc2ccccc2s1. The lowest BCUT2D eigenvalue weighted by atomic mass is 10.2. The number of nitrogens with one attached hydrogen (secondary N) is 3. The molecule has 26 heavy (non-hydrogen) atoms. The Kier molecular flexibility index (Phi) is 4.14. The number of fused-ring (bicyclic) bond motifs is 2. The number of amides is 2. The van der Waals surface area contributed by atoms with Gasteiger partial charge in [-0.3, -0.25) is 9.59 Å². The van der Waals surface area contributed by atoms with Crippen molar-refractivity contribution in [2.75, 3.05) is 5.32 Å². The number of carbonyl (C=O) groups excluding carboxylic acids is 2. The molecular formula is C19H16N4O2S. The second-order valence-electron chi connectivity index (χ2n) is 5.94. The van der Waals surface area contributed by atoms with Crippen LogP contribution in [0, 0.1) is 0 Å². The summed E-state index contributed by atoms with van der Waals surface area (Å²) < 4.78 is 0.998. The number of anilines is 1. The maximum Gasteiger partial charge on any atom is 0.268 e. The number of aromatic nitrogens is 2. The quantitative estimate of drug-likeness (QED) is 0.518. The number of H-pyrrole nitrogens is 1. The smallest absolute Gasteiger partial charge is 0.268 e. The highest BCUT2D eigenvalue weighted by Gasteiger charge is 2.19. The average molecular weight is 364 g/mol. The first kappa shape index (κ1) is 16.3. The normalized spacial score (nSPS) is 12.2. The zero-order chi connectivity index (χ0) is 18.1. The Labute approximate surface area is 153 Å². The fraction of sp³-hybridized carbons (Fsp3) is 0.105. The van der Waals surface area contributed by atoms with Crippen LogP contribution in [0.4, 0.5) is 5.13 Å². The molecule has 0 saturated carbocycles. The lowest BCUT2D eigenvalue weighted by Crippen LogP contribution is -2.41. The molecule has 0 spiro atoms. The van der Waals surface area contributed by atoms with Crippen molar-refractivity contribution < 1.29 is 9.59 Å². The fourth-order valence-corrected chi connectivity index (χ4v) is 3.54. The van der Waals surface area contributed by atoms with Gasteiger partial charge in [0, 0.05) is 10.9 Å². The van der Waals surface area contributed by atoms with E-state index in [1.807, 2.05) is 48.5 Å². The molecule has 2 amide bonds. The highest BCUT2D eigenvalue weighted by molar-refractivity contribution is 7.22. The minimum Gasteiger partial charge on any atom is -0.351 e. The number of thiazole rings is 1. The van der Waals surface area contributed by atoms with Crippen LogP contribution >= 0.6 is 11.3 Å². The fourth-order valence-electron chi connectivity index (χ4n) is 2.67. The van der Waals surface area contributed by atoms with Gasteiger partial charge in [-0.1, -0.05) is 41.7 Å². The van der Waals surface area contributed by atoms with Crippen LogP contribution in [-0.2, 0) is 4.79 Å². The second kappa shape index (κ2) is 6.61. The van der Waals surface area contributed by atoms with E-state index in [0.29, 0.717) is 10.8 Å². The average Bonchev–Trinajstić information content (AvgIpc) is 3.24. The Hall–Kier alpha value is -3.19. The molecule has 7 heteroatoms. The van der Waals surface area contributed by atoms with E-state index in [4.69, 9.17) is 0 Å². The van der Waals surface area contributed by atoms with Gasteiger partial charge in [0.05, 0.1) is 10.2 Å². The highest BCUT2D eigenvalue weighted by Crippen LogP contribution is 2.25. The number of hydrogen-bond acceptors (Lipinski definition) is 4. The summed E-state index contributed by atoms with van der Waals surface area (Å²) in [6, 6.07) is 16.4. The van der Waals surface area contributed by atoms with E-state index in [1.165, 1.54) is 11.3 Å². The van der Waals surface area contributed by atoms with Crippen LogP contribution in [0.25, 0.3) is 21.1 Å². The molecule has 0 aliphatic heterocycles. The molecule has 1 atom stereocenters. The summed E-state index contributed by atoms with van der Waals surface area (Å²) in [5.74, 6) is -0.637. The van der Waals surface area contributed by atoms with Crippen LogP contribution in [0.15, 0.2) is 54.6 Å². The topological polar surface area (TPSA) is 86.9 Å². The number of hydrogen-bond donors (Lipinski definition) is 3. The van der Waals surface area contributed by atoms with Gasteiger partial charge in [0.15, 0.2) is 5.13 Å². The van der Waals surface area contributed by atoms with Crippen molar-refractivity contribution >= 4 is 49.4 Å². The molecule has 130 valence electrons. The monoisotopic (exact) mass is 364 g/mol. The Bertz CT molecular complexity index is 1050. The van der Waals surface area contributed by atoms with Gasteiger partial charge in [-0.15, -0.1) is 0 Å². The number of aromatic amines is 1. The van der Waals surface area contributed by atoms with E-state index in [0.717, 1.165) is 21.1 Å². The zero-order valence-electron chi connectivity index (χ0n) is 13.9. The van der Waals surface area contributed by atoms with E-state index in [9.17, 15) is 9.59 Å². The second-order valence-corrected chi connectivity index (χ2v) is 6.97. The van der Waals surface area contributed by atoms with Gasteiger partial charge in [0.2, 0.25) is 5.91 Å². The van der Waals surface area contributed by atoms with Crippen molar-refractivity contribution in [3.8, 4) is 0 Å². The summed E-state index contributed by atoms with van der Waals surface area (Å²) in [5, 5.41) is 6.93. The largest absolute Gasteiger partial charge is 0.351 e. The minimum atomic E-state index is -0.694. The van der Waals surface area contributed by atoms with Gasteiger partial charge in [0.1, 0.15) is 11.7 Å². The molecule has 0 aliphatic rings. The Morgan fingerprint density at radius 2 is 1.88 bits per heavy atom. The summed E-state index contributed by atoms with van der Waals surface area (Å²) in [6.07, 6.45) is 0. The van der Waals surface area contributed by atoms with Crippen molar-refractivity contribution in [3.63, 3.8) is 0 Å². The van der Waals surface area contributed by atoms with E-state index in [1.54, 1.807) is 13.0 Å². The molecule has 3 N–H and O–H groups in total. The molecule has 0 bridgehead atoms. The van der Waals surface area contributed by atoms with Gasteiger partial charge in [-0.25, -0.2) is 4.98 Å². The van der Waals surface area contributed by atoms with Crippen LogP contribution in [-0.4, -0.2) is 27.8 Å². The number of nitrogens with zero attached hydrogens (tertiary/aromatic N) is 1. The molecule has 2 aromatic heterocycles. The number of benzene rings is 2. The maximum absolute atomic E-state index is 12.4. The van der Waals surface area contributed by atoms with Crippen LogP contribution < -0.4 is 10.6 Å². The number of para-hydroxylation sites is 2. The van der Waals surface area contributed by atoms with Gasteiger partial charge in [-0.05, 0) is 31.2 Å². The van der Waals surface area contributed by atoms with Crippen LogP contribution in [0.1, 0.15) is 17.4 Å². The summed E-state index contributed by atoms with van der Waals surface area (Å²) in [7, 11) is 0. The van der Waals surface area contributed by atoms with Crippen molar-refractivity contribution in [1.82, 2.24) is 15.3 Å². The third-order valence-electron chi connectivity index (χ3n) is 4.04. The third kappa shape index (κ3) is 3.16. The molecule has 2 aromatic carbocycles. The van der Waals surface area contributed by atoms with Gasteiger partial charge < -0.3 is 15.6 Å². The first-order chi connectivity index (χ1) is 12.6. The standard InChI is InChI=1S/C19H16N4O2S/c1-11(17(24)23-19-22-14-8-4-5-9-16(14)26-19)20-18(25)15-10-12-6-2-3-7-13(12)21-15/h2-11,21H,1H3,(H,20,25)(H,22,23,24)/t11-/m1/s1. The molecule has 6 nitrogen and oxygen atoms in total. The van der Waals surface area contributed by atoms with Gasteiger partial charge >= 0.3 is 0 Å². The molecule has 4 aromatic rings. The highest BCUT2D eigenvalue weighted by atomic mass is 32.1. The molecule has 4 rings (SSSR count). The first-order valence-electron chi connectivity index (χ1n) is 8.15. The molecule has 0 saturated heterocycles. The predicted octanol–water partition coefficient (Wildman–Crippen LogP) is 3.53. The van der Waals surface area contributed by atoms with Crippen LogP contribution in [0.2, 0.25) is 0 Å². The molecule has 0 aliphatic carbocycles. The Morgan fingerprint density at radius 3 is 2.69 bits per heavy atom. The zero-order valence-corrected chi connectivity index (χ0v) is 14.8. The van der Waals surface area contributed by atoms with E-state index >= 15 is 0 Å². The van der Waals surface area contributed by atoms with Crippen LogP contribution in [0.3, 0.4) is 0 Å². The van der Waals surface area contributed by atoms with Crippen molar-refractivity contribution in [3.05, 3.63) is 60.3 Å².